The van der Waals surface area contributed by atoms with Crippen molar-refractivity contribution in [1.29, 1.82) is 0 Å². The third kappa shape index (κ3) is 3.53. The molecule has 166 valence electrons. The van der Waals surface area contributed by atoms with Gasteiger partial charge in [0.2, 0.25) is 0 Å². The molecule has 2 aromatic heterocycles. The summed E-state index contributed by atoms with van der Waals surface area (Å²) >= 11 is 0. The van der Waals surface area contributed by atoms with E-state index in [1.807, 2.05) is 13.0 Å². The molecule has 2 aliphatic heterocycles. The summed E-state index contributed by atoms with van der Waals surface area (Å²) in [5.74, 6) is 1.81. The summed E-state index contributed by atoms with van der Waals surface area (Å²) in [6.45, 7) is -1.85. The molecule has 8 heteroatoms. The van der Waals surface area contributed by atoms with Gasteiger partial charge in [0.15, 0.2) is 23.0 Å². The van der Waals surface area contributed by atoms with Gasteiger partial charge in [-0.1, -0.05) is 0 Å². The number of anilines is 1. The second-order valence-corrected chi connectivity index (χ2v) is 8.53. The van der Waals surface area contributed by atoms with E-state index >= 15 is 0 Å². The zero-order valence-corrected chi connectivity index (χ0v) is 17.7. The molecule has 8 nitrogen and oxygen atoms in total. The highest BCUT2D eigenvalue weighted by Crippen LogP contribution is 2.38. The van der Waals surface area contributed by atoms with Gasteiger partial charge in [-0.05, 0) is 49.4 Å². The Labute approximate surface area is 191 Å². The highest BCUT2D eigenvalue weighted by Gasteiger charge is 2.28. The monoisotopic (exact) mass is 438 g/mol. The van der Waals surface area contributed by atoms with Crippen LogP contribution in [0, 0.1) is 6.92 Å². The largest absolute Gasteiger partial charge is 0.490 e. The third-order valence-electron chi connectivity index (χ3n) is 6.23. The first-order valence-electron chi connectivity index (χ1n) is 12.9. The van der Waals surface area contributed by atoms with Crippen LogP contribution >= 0.6 is 0 Å². The molecule has 4 heterocycles. The number of hydrogen-bond acceptors (Lipinski definition) is 7. The Morgan fingerprint density at radius 2 is 1.88 bits per heavy atom. The van der Waals surface area contributed by atoms with E-state index in [-0.39, 0.29) is 23.2 Å². The minimum absolute atomic E-state index is 0.0707. The topological polar surface area (TPSA) is 78.2 Å². The van der Waals surface area contributed by atoms with Gasteiger partial charge in [-0.3, -0.25) is 4.79 Å². The maximum Gasteiger partial charge on any atom is 0.277 e. The molecular formula is C24H26N4O4. The predicted molar refractivity (Wildman–Crippen MR) is 119 cm³/mol. The van der Waals surface area contributed by atoms with Crippen LogP contribution in [0.4, 0.5) is 5.82 Å². The summed E-state index contributed by atoms with van der Waals surface area (Å²) in [6, 6.07) is 6.62. The van der Waals surface area contributed by atoms with Gasteiger partial charge < -0.3 is 19.1 Å². The van der Waals surface area contributed by atoms with E-state index in [1.54, 1.807) is 12.3 Å². The van der Waals surface area contributed by atoms with Gasteiger partial charge in [0.1, 0.15) is 25.0 Å². The second kappa shape index (κ2) is 7.69. The molecule has 1 saturated carbocycles. The lowest BCUT2D eigenvalue weighted by molar-refractivity contribution is 0.159. The van der Waals surface area contributed by atoms with Crippen LogP contribution in [0.2, 0.25) is 0 Å². The molecule has 0 radical (unpaired) electrons. The summed E-state index contributed by atoms with van der Waals surface area (Å²) in [5, 5.41) is 4.68. The Balaban J connectivity index is 1.16. The van der Waals surface area contributed by atoms with Gasteiger partial charge >= 0.3 is 0 Å². The smallest absolute Gasteiger partial charge is 0.277 e. The summed E-state index contributed by atoms with van der Waals surface area (Å²) in [6.07, 6.45) is 5.14. The average molecular weight is 439 g/mol. The molecule has 2 fully saturated rings. The SMILES string of the molecule is [2H]C1([2H])Oc2ccc(OC3CCN(c4nn5c(=O)c(C6CC6)cnc5cc4C)CC3)cc2OC1([2H])[2H]. The van der Waals surface area contributed by atoms with Crippen LogP contribution in [0.3, 0.4) is 0 Å². The maximum atomic E-state index is 12.9. The average Bonchev–Trinajstić information content (AvgIpc) is 3.66. The zero-order valence-electron chi connectivity index (χ0n) is 21.7. The quantitative estimate of drug-likeness (QED) is 0.619. The number of hydrogen-bond donors (Lipinski definition) is 0. The number of ether oxygens (including phenoxy) is 3. The molecule has 1 saturated heterocycles. The molecule has 3 aliphatic rings. The first-order chi connectivity index (χ1) is 17.1. The fourth-order valence-corrected chi connectivity index (χ4v) is 4.34. The molecule has 0 N–H and O–H groups in total. The lowest BCUT2D eigenvalue weighted by Crippen LogP contribution is -2.39. The molecule has 0 bridgehead atoms. The molecule has 32 heavy (non-hydrogen) atoms. The summed E-state index contributed by atoms with van der Waals surface area (Å²) < 4.78 is 48.9. The third-order valence-corrected chi connectivity index (χ3v) is 6.23. The number of aryl methyl sites for hydroxylation is 1. The van der Waals surface area contributed by atoms with Crippen molar-refractivity contribution >= 4 is 11.5 Å². The predicted octanol–water partition coefficient (Wildman–Crippen LogP) is 3.09. The second-order valence-electron chi connectivity index (χ2n) is 8.53. The van der Waals surface area contributed by atoms with Crippen LogP contribution < -0.4 is 24.7 Å². The molecule has 0 atom stereocenters. The minimum Gasteiger partial charge on any atom is -0.490 e. The van der Waals surface area contributed by atoms with Gasteiger partial charge in [-0.2, -0.15) is 4.52 Å². The van der Waals surface area contributed by atoms with Gasteiger partial charge in [0.05, 0.1) is 5.48 Å². The Morgan fingerprint density at radius 1 is 1.09 bits per heavy atom. The number of rotatable bonds is 4. The first-order valence-corrected chi connectivity index (χ1v) is 10.9. The van der Waals surface area contributed by atoms with Crippen molar-refractivity contribution in [3.8, 4) is 17.2 Å². The van der Waals surface area contributed by atoms with E-state index in [4.69, 9.17) is 19.7 Å². The van der Waals surface area contributed by atoms with E-state index in [1.165, 1.54) is 16.6 Å². The normalized spacial score (nSPS) is 23.7. The summed E-state index contributed by atoms with van der Waals surface area (Å²) in [4.78, 5) is 19.6. The number of aromatic nitrogens is 3. The van der Waals surface area contributed by atoms with Crippen LogP contribution in [0.1, 0.15) is 48.2 Å². The van der Waals surface area contributed by atoms with E-state index in [2.05, 4.69) is 15.0 Å². The molecular weight excluding hydrogens is 408 g/mol. The molecule has 3 aromatic rings. The minimum atomic E-state index is -2.62. The number of piperidine rings is 1. The van der Waals surface area contributed by atoms with E-state index in [0.717, 1.165) is 42.6 Å². The van der Waals surface area contributed by atoms with E-state index in [0.29, 0.717) is 30.4 Å². The standard InChI is InChI=1S/C24H26N4O4/c1-15-12-22-25-14-19(16-2-3-16)24(29)28(22)26-23(15)27-8-6-17(7-9-27)32-18-4-5-20-21(13-18)31-11-10-30-20/h4-5,12-14,16-17H,2-3,6-11H2,1H3/i10D2,11D2. The van der Waals surface area contributed by atoms with Crippen molar-refractivity contribution in [3.05, 3.63) is 51.9 Å². The van der Waals surface area contributed by atoms with Crippen LogP contribution in [0.5, 0.6) is 17.2 Å². The maximum absolute atomic E-state index is 12.9. The lowest BCUT2D eigenvalue weighted by atomic mass is 10.1. The molecule has 0 spiro atoms. The molecule has 1 aromatic carbocycles. The van der Waals surface area contributed by atoms with Crippen LogP contribution in [-0.2, 0) is 0 Å². The van der Waals surface area contributed by atoms with Gasteiger partial charge in [0.25, 0.3) is 5.56 Å². The van der Waals surface area contributed by atoms with Crippen molar-refractivity contribution in [2.24, 2.45) is 0 Å². The zero-order chi connectivity index (χ0) is 25.2. The van der Waals surface area contributed by atoms with Crippen molar-refractivity contribution in [3.63, 3.8) is 0 Å². The van der Waals surface area contributed by atoms with Gasteiger partial charge in [-0.25, -0.2) is 4.98 Å². The number of benzene rings is 1. The van der Waals surface area contributed by atoms with Crippen LogP contribution in [0.25, 0.3) is 5.65 Å². The lowest BCUT2D eigenvalue weighted by Gasteiger charge is -2.33. The van der Waals surface area contributed by atoms with Crippen LogP contribution in [0.15, 0.2) is 35.3 Å². The fraction of sp³-hybridized carbons (Fsp3) is 0.458. The number of fused-ring (bicyclic) bond motifs is 2. The van der Waals surface area contributed by atoms with Crippen molar-refractivity contribution in [1.82, 2.24) is 14.6 Å². The Morgan fingerprint density at radius 3 is 2.66 bits per heavy atom. The van der Waals surface area contributed by atoms with Gasteiger partial charge in [-0.15, -0.1) is 5.10 Å². The Kier molecular flexibility index (Phi) is 3.72. The van der Waals surface area contributed by atoms with Gasteiger partial charge in [0, 0.05) is 43.8 Å². The summed E-state index contributed by atoms with van der Waals surface area (Å²) in [5.41, 5.74) is 2.17. The first kappa shape index (κ1) is 15.5. The fourth-order valence-electron chi connectivity index (χ4n) is 4.34. The van der Waals surface area contributed by atoms with Crippen LogP contribution in [-0.4, -0.2) is 46.9 Å². The molecule has 6 rings (SSSR count). The highest BCUT2D eigenvalue weighted by molar-refractivity contribution is 5.53. The molecule has 1 aliphatic carbocycles. The van der Waals surface area contributed by atoms with Crippen molar-refractivity contribution in [2.45, 2.75) is 44.6 Å². The Bertz CT molecular complexity index is 1400. The number of nitrogens with zero attached hydrogens (tertiary/aromatic N) is 4. The van der Waals surface area contributed by atoms with E-state index < -0.39 is 13.1 Å². The summed E-state index contributed by atoms with van der Waals surface area (Å²) in [7, 11) is 0. The van der Waals surface area contributed by atoms with Crippen molar-refractivity contribution in [2.75, 3.05) is 31.1 Å². The molecule has 0 amide bonds. The van der Waals surface area contributed by atoms with E-state index in [9.17, 15) is 4.79 Å². The highest BCUT2D eigenvalue weighted by atomic mass is 16.6. The molecule has 0 unspecified atom stereocenters. The Hall–Kier alpha value is -3.29. The van der Waals surface area contributed by atoms with Crippen molar-refractivity contribution < 1.29 is 19.7 Å².